The molecule has 2 unspecified atom stereocenters. The number of piperidine rings is 1. The monoisotopic (exact) mass is 462 g/mol. The van der Waals surface area contributed by atoms with Gasteiger partial charge in [0.2, 0.25) is 21.8 Å². The molecule has 2 aliphatic rings. The van der Waals surface area contributed by atoms with Crippen LogP contribution in [-0.2, 0) is 14.8 Å². The van der Waals surface area contributed by atoms with Gasteiger partial charge < -0.3 is 14.6 Å². The molecule has 1 aromatic carbocycles. The summed E-state index contributed by atoms with van der Waals surface area (Å²) in [7, 11) is -2.16. The summed E-state index contributed by atoms with van der Waals surface area (Å²) >= 11 is 0. The van der Waals surface area contributed by atoms with Crippen LogP contribution in [0.1, 0.15) is 63.2 Å². The lowest BCUT2D eigenvalue weighted by atomic mass is 9.97. The molecule has 1 aliphatic heterocycles. The molecule has 9 nitrogen and oxygen atoms in total. The molecule has 174 valence electrons. The van der Waals surface area contributed by atoms with Crippen LogP contribution >= 0.6 is 0 Å². The molecule has 32 heavy (non-hydrogen) atoms. The van der Waals surface area contributed by atoms with Crippen molar-refractivity contribution in [3.8, 4) is 5.75 Å². The molecule has 0 spiro atoms. The highest BCUT2D eigenvalue weighted by Gasteiger charge is 2.36. The minimum Gasteiger partial charge on any atom is -0.497 e. The number of hydrogen-bond acceptors (Lipinski definition) is 7. The molecule has 1 saturated carbocycles. The fraction of sp³-hybridized carbons (Fsp3) is 0.591. The molecule has 1 aromatic heterocycles. The Morgan fingerprint density at radius 1 is 1.22 bits per heavy atom. The van der Waals surface area contributed by atoms with Gasteiger partial charge in [0, 0.05) is 19.0 Å². The van der Waals surface area contributed by atoms with E-state index in [2.05, 4.69) is 15.5 Å². The number of amides is 1. The van der Waals surface area contributed by atoms with Gasteiger partial charge in [0.05, 0.1) is 17.9 Å². The minimum atomic E-state index is -3.69. The Hall–Kier alpha value is -2.46. The number of aromatic nitrogens is 2. The molecule has 1 amide bonds. The standard InChI is InChI=1S/C22H30N4O5S/c1-14(2)19(22-24-20(25-31-22)15-6-7-15)23-21(27)16-5-4-12-26(13-16)32(28,29)18-10-8-17(30-3)9-11-18/h8-11,14-16,19H,4-7,12-13H2,1-3H3,(H,23,27). The number of ether oxygens (including phenoxy) is 1. The molecule has 0 bridgehead atoms. The maximum absolute atomic E-state index is 13.1. The zero-order chi connectivity index (χ0) is 22.9. The molecular formula is C22H30N4O5S. The Morgan fingerprint density at radius 3 is 2.56 bits per heavy atom. The van der Waals surface area contributed by atoms with Gasteiger partial charge in [0.25, 0.3) is 0 Å². The topological polar surface area (TPSA) is 115 Å². The van der Waals surface area contributed by atoms with E-state index in [1.54, 1.807) is 12.1 Å². The van der Waals surface area contributed by atoms with Gasteiger partial charge in [-0.2, -0.15) is 9.29 Å². The molecule has 4 rings (SSSR count). The Bertz CT molecular complexity index is 1050. The first kappa shape index (κ1) is 22.7. The van der Waals surface area contributed by atoms with Crippen molar-refractivity contribution in [3.63, 3.8) is 0 Å². The first-order valence-electron chi connectivity index (χ1n) is 11.1. The molecule has 0 radical (unpaired) electrons. The summed E-state index contributed by atoms with van der Waals surface area (Å²) in [6.07, 6.45) is 3.38. The quantitative estimate of drug-likeness (QED) is 0.641. The largest absolute Gasteiger partial charge is 0.497 e. The van der Waals surface area contributed by atoms with Crippen LogP contribution in [0.4, 0.5) is 0 Å². The summed E-state index contributed by atoms with van der Waals surface area (Å²) in [5.41, 5.74) is 0. The van der Waals surface area contributed by atoms with Gasteiger partial charge in [-0.25, -0.2) is 8.42 Å². The molecule has 2 heterocycles. The Morgan fingerprint density at radius 2 is 1.94 bits per heavy atom. The van der Waals surface area contributed by atoms with Gasteiger partial charge in [-0.15, -0.1) is 0 Å². The Balaban J connectivity index is 1.44. The lowest BCUT2D eigenvalue weighted by Crippen LogP contribution is -2.46. The van der Waals surface area contributed by atoms with E-state index in [0.717, 1.165) is 12.8 Å². The normalized spacial score (nSPS) is 20.8. The van der Waals surface area contributed by atoms with E-state index in [4.69, 9.17) is 9.26 Å². The lowest BCUT2D eigenvalue weighted by molar-refractivity contribution is -0.127. The number of carbonyl (C=O) groups is 1. The molecule has 10 heteroatoms. The van der Waals surface area contributed by atoms with E-state index in [0.29, 0.717) is 42.8 Å². The van der Waals surface area contributed by atoms with Gasteiger partial charge >= 0.3 is 0 Å². The highest BCUT2D eigenvalue weighted by atomic mass is 32.2. The van der Waals surface area contributed by atoms with E-state index >= 15 is 0 Å². The molecule has 1 saturated heterocycles. The van der Waals surface area contributed by atoms with Crippen molar-refractivity contribution in [2.24, 2.45) is 11.8 Å². The summed E-state index contributed by atoms with van der Waals surface area (Å²) in [6.45, 7) is 4.49. The fourth-order valence-electron chi connectivity index (χ4n) is 3.94. The van der Waals surface area contributed by atoms with Crippen LogP contribution in [0.3, 0.4) is 0 Å². The molecular weight excluding hydrogens is 432 g/mol. The third-order valence-corrected chi connectivity index (χ3v) is 7.96. The maximum Gasteiger partial charge on any atom is 0.249 e. The Kier molecular flexibility index (Phi) is 6.52. The number of nitrogens with one attached hydrogen (secondary N) is 1. The second-order valence-electron chi connectivity index (χ2n) is 8.87. The van der Waals surface area contributed by atoms with E-state index in [9.17, 15) is 13.2 Å². The van der Waals surface area contributed by atoms with Crippen molar-refractivity contribution < 1.29 is 22.5 Å². The highest BCUT2D eigenvalue weighted by molar-refractivity contribution is 7.89. The predicted molar refractivity (Wildman–Crippen MR) is 116 cm³/mol. The summed E-state index contributed by atoms with van der Waals surface area (Å²) in [6, 6.07) is 5.89. The first-order chi connectivity index (χ1) is 15.3. The minimum absolute atomic E-state index is 0.0502. The van der Waals surface area contributed by atoms with E-state index in [1.165, 1.54) is 23.5 Å². The smallest absolute Gasteiger partial charge is 0.249 e. The fourth-order valence-corrected chi connectivity index (χ4v) is 5.46. The second-order valence-corrected chi connectivity index (χ2v) is 10.8. The highest BCUT2D eigenvalue weighted by Crippen LogP contribution is 2.38. The van der Waals surface area contributed by atoms with Crippen molar-refractivity contribution in [1.82, 2.24) is 19.8 Å². The van der Waals surface area contributed by atoms with Gasteiger partial charge in [-0.3, -0.25) is 4.79 Å². The van der Waals surface area contributed by atoms with Gasteiger partial charge in [0.1, 0.15) is 11.8 Å². The van der Waals surface area contributed by atoms with Crippen LogP contribution in [0, 0.1) is 11.8 Å². The van der Waals surface area contributed by atoms with Crippen LogP contribution < -0.4 is 10.1 Å². The first-order valence-corrected chi connectivity index (χ1v) is 12.5. The molecule has 2 atom stereocenters. The van der Waals surface area contributed by atoms with Crippen LogP contribution in [0.2, 0.25) is 0 Å². The number of nitrogens with zero attached hydrogens (tertiary/aromatic N) is 3. The van der Waals surface area contributed by atoms with Gasteiger partial charge in [-0.1, -0.05) is 19.0 Å². The van der Waals surface area contributed by atoms with Crippen molar-refractivity contribution in [2.45, 2.75) is 56.4 Å². The molecule has 2 fully saturated rings. The zero-order valence-corrected chi connectivity index (χ0v) is 19.5. The number of rotatable bonds is 8. The van der Waals surface area contributed by atoms with Crippen molar-refractivity contribution in [3.05, 3.63) is 36.0 Å². The second kappa shape index (κ2) is 9.19. The molecule has 2 aromatic rings. The number of methoxy groups -OCH3 is 1. The average Bonchev–Trinajstić information content (AvgIpc) is 3.54. The molecule has 1 N–H and O–H groups in total. The number of carbonyl (C=O) groups excluding carboxylic acids is 1. The summed E-state index contributed by atoms with van der Waals surface area (Å²) in [5.74, 6) is 1.49. The lowest BCUT2D eigenvalue weighted by Gasteiger charge is -2.32. The Labute approximate surface area is 188 Å². The van der Waals surface area contributed by atoms with E-state index in [1.807, 2.05) is 13.8 Å². The van der Waals surface area contributed by atoms with Crippen LogP contribution in [0.15, 0.2) is 33.7 Å². The zero-order valence-electron chi connectivity index (χ0n) is 18.7. The summed E-state index contributed by atoms with van der Waals surface area (Å²) in [5, 5.41) is 7.09. The number of hydrogen-bond donors (Lipinski definition) is 1. The average molecular weight is 463 g/mol. The van der Waals surface area contributed by atoms with Gasteiger partial charge in [0.15, 0.2) is 5.82 Å². The third-order valence-electron chi connectivity index (χ3n) is 6.08. The predicted octanol–water partition coefficient (Wildman–Crippen LogP) is 2.87. The maximum atomic E-state index is 13.1. The van der Waals surface area contributed by atoms with Crippen LogP contribution in [0.25, 0.3) is 0 Å². The molecule has 1 aliphatic carbocycles. The van der Waals surface area contributed by atoms with E-state index < -0.39 is 22.0 Å². The van der Waals surface area contributed by atoms with Gasteiger partial charge in [-0.05, 0) is 55.9 Å². The van der Waals surface area contributed by atoms with Crippen LogP contribution in [-0.4, -0.2) is 49.0 Å². The SMILES string of the molecule is COc1ccc(S(=O)(=O)N2CCCC(C(=O)NC(c3nc(C4CC4)no3)C(C)C)C2)cc1. The third kappa shape index (κ3) is 4.80. The van der Waals surface area contributed by atoms with Crippen molar-refractivity contribution >= 4 is 15.9 Å². The van der Waals surface area contributed by atoms with Crippen molar-refractivity contribution in [1.29, 1.82) is 0 Å². The summed E-state index contributed by atoms with van der Waals surface area (Å²) < 4.78 is 38.1. The number of sulfonamides is 1. The van der Waals surface area contributed by atoms with Crippen LogP contribution in [0.5, 0.6) is 5.75 Å². The summed E-state index contributed by atoms with van der Waals surface area (Å²) in [4.78, 5) is 17.8. The van der Waals surface area contributed by atoms with Crippen molar-refractivity contribution in [2.75, 3.05) is 20.2 Å². The van der Waals surface area contributed by atoms with E-state index in [-0.39, 0.29) is 23.3 Å². The number of benzene rings is 1.